The number of ether oxygens (including phenoxy) is 1. The lowest BCUT2D eigenvalue weighted by Crippen LogP contribution is -2.39. The van der Waals surface area contributed by atoms with Crippen LogP contribution in [0.5, 0.6) is 0 Å². The van der Waals surface area contributed by atoms with Gasteiger partial charge in [-0.3, -0.25) is 0 Å². The Morgan fingerprint density at radius 1 is 1.57 bits per heavy atom. The van der Waals surface area contributed by atoms with E-state index in [-0.39, 0.29) is 6.09 Å². The highest BCUT2D eigenvalue weighted by molar-refractivity contribution is 5.68. The Bertz CT molecular complexity index is 197. The van der Waals surface area contributed by atoms with Crippen LogP contribution in [0.3, 0.4) is 0 Å². The largest absolute Gasteiger partial charge is 0.444 e. The summed E-state index contributed by atoms with van der Waals surface area (Å²) >= 11 is 0. The molecule has 0 radical (unpaired) electrons. The van der Waals surface area contributed by atoms with Crippen molar-refractivity contribution in [2.75, 3.05) is 19.6 Å². The SMILES string of the molecule is C=CCN(CCN)C(=O)OC(C)(C)C. The minimum absolute atomic E-state index is 0.345. The first-order valence-corrected chi connectivity index (χ1v) is 4.69. The summed E-state index contributed by atoms with van der Waals surface area (Å²) in [5.74, 6) is 0. The number of carbonyl (C=O) groups is 1. The lowest BCUT2D eigenvalue weighted by molar-refractivity contribution is 0.0277. The average molecular weight is 200 g/mol. The van der Waals surface area contributed by atoms with Crippen molar-refractivity contribution in [3.63, 3.8) is 0 Å². The Morgan fingerprint density at radius 2 is 2.14 bits per heavy atom. The number of amides is 1. The molecule has 1 amide bonds. The third kappa shape index (κ3) is 5.59. The molecule has 2 N–H and O–H groups in total. The van der Waals surface area contributed by atoms with Crippen LogP contribution in [0, 0.1) is 0 Å². The normalized spacial score (nSPS) is 10.9. The number of nitrogens with two attached hydrogens (primary N) is 1. The topological polar surface area (TPSA) is 55.6 Å². The summed E-state index contributed by atoms with van der Waals surface area (Å²) in [4.78, 5) is 13.1. The summed E-state index contributed by atoms with van der Waals surface area (Å²) < 4.78 is 5.19. The van der Waals surface area contributed by atoms with Crippen molar-refractivity contribution < 1.29 is 9.53 Å². The first-order chi connectivity index (χ1) is 6.40. The van der Waals surface area contributed by atoms with Gasteiger partial charge < -0.3 is 15.4 Å². The second-order valence-corrected chi connectivity index (χ2v) is 4.00. The van der Waals surface area contributed by atoms with E-state index in [4.69, 9.17) is 10.5 Å². The van der Waals surface area contributed by atoms with Crippen LogP contribution >= 0.6 is 0 Å². The van der Waals surface area contributed by atoms with E-state index >= 15 is 0 Å². The molecule has 0 saturated carbocycles. The van der Waals surface area contributed by atoms with E-state index in [1.807, 2.05) is 20.8 Å². The van der Waals surface area contributed by atoms with E-state index in [0.29, 0.717) is 19.6 Å². The Kier molecular flexibility index (Phi) is 5.23. The highest BCUT2D eigenvalue weighted by atomic mass is 16.6. The van der Waals surface area contributed by atoms with Crippen molar-refractivity contribution in [1.82, 2.24) is 4.90 Å². The summed E-state index contributed by atoms with van der Waals surface area (Å²) in [6.07, 6.45) is 1.31. The van der Waals surface area contributed by atoms with Crippen LogP contribution in [-0.4, -0.2) is 36.2 Å². The van der Waals surface area contributed by atoms with E-state index in [1.54, 1.807) is 6.08 Å². The van der Waals surface area contributed by atoms with E-state index < -0.39 is 5.60 Å². The molecule has 14 heavy (non-hydrogen) atoms. The highest BCUT2D eigenvalue weighted by Crippen LogP contribution is 2.09. The fraction of sp³-hybridized carbons (Fsp3) is 0.700. The number of rotatable bonds is 4. The quantitative estimate of drug-likeness (QED) is 0.697. The van der Waals surface area contributed by atoms with Gasteiger partial charge in [0.25, 0.3) is 0 Å². The van der Waals surface area contributed by atoms with Gasteiger partial charge >= 0.3 is 6.09 Å². The monoisotopic (exact) mass is 200 g/mol. The second kappa shape index (κ2) is 5.65. The third-order valence-corrected chi connectivity index (χ3v) is 1.40. The van der Waals surface area contributed by atoms with Gasteiger partial charge in [-0.05, 0) is 20.8 Å². The van der Waals surface area contributed by atoms with Crippen LogP contribution in [0.1, 0.15) is 20.8 Å². The fourth-order valence-corrected chi connectivity index (χ4v) is 0.895. The van der Waals surface area contributed by atoms with Crippen LogP contribution in [0.25, 0.3) is 0 Å². The summed E-state index contributed by atoms with van der Waals surface area (Å²) in [7, 11) is 0. The number of hydrogen-bond donors (Lipinski definition) is 1. The number of nitrogens with zero attached hydrogens (tertiary/aromatic N) is 1. The van der Waals surface area contributed by atoms with Gasteiger partial charge in [0.2, 0.25) is 0 Å². The molecule has 0 fully saturated rings. The molecular weight excluding hydrogens is 180 g/mol. The van der Waals surface area contributed by atoms with Gasteiger partial charge in [-0.2, -0.15) is 0 Å². The molecule has 0 aliphatic heterocycles. The van der Waals surface area contributed by atoms with Crippen LogP contribution in [0.4, 0.5) is 4.79 Å². The first-order valence-electron chi connectivity index (χ1n) is 4.69. The van der Waals surface area contributed by atoms with Gasteiger partial charge in [-0.25, -0.2) is 4.79 Å². The lowest BCUT2D eigenvalue weighted by Gasteiger charge is -2.26. The molecule has 4 heteroatoms. The predicted octanol–water partition coefficient (Wildman–Crippen LogP) is 1.37. The molecule has 0 unspecified atom stereocenters. The molecule has 0 heterocycles. The zero-order valence-corrected chi connectivity index (χ0v) is 9.25. The van der Waals surface area contributed by atoms with E-state index in [9.17, 15) is 4.79 Å². The van der Waals surface area contributed by atoms with Crippen LogP contribution in [0.15, 0.2) is 12.7 Å². The Labute approximate surface area is 85.7 Å². The third-order valence-electron chi connectivity index (χ3n) is 1.40. The molecule has 4 nitrogen and oxygen atoms in total. The molecule has 0 aromatic rings. The maximum atomic E-state index is 11.5. The molecule has 0 bridgehead atoms. The first kappa shape index (κ1) is 13.0. The number of carbonyl (C=O) groups excluding carboxylic acids is 1. The average Bonchev–Trinajstić information content (AvgIpc) is 2.01. The highest BCUT2D eigenvalue weighted by Gasteiger charge is 2.20. The smallest absolute Gasteiger partial charge is 0.410 e. The molecular formula is C10H20N2O2. The van der Waals surface area contributed by atoms with Crippen molar-refractivity contribution in [3.05, 3.63) is 12.7 Å². The molecule has 0 aromatic carbocycles. The Morgan fingerprint density at radius 3 is 2.50 bits per heavy atom. The molecule has 0 rings (SSSR count). The number of hydrogen-bond acceptors (Lipinski definition) is 3. The maximum Gasteiger partial charge on any atom is 0.410 e. The summed E-state index contributed by atoms with van der Waals surface area (Å²) in [6, 6.07) is 0. The zero-order valence-electron chi connectivity index (χ0n) is 9.25. The zero-order chi connectivity index (χ0) is 11.2. The van der Waals surface area contributed by atoms with E-state index in [1.165, 1.54) is 4.90 Å². The van der Waals surface area contributed by atoms with Crippen molar-refractivity contribution in [1.29, 1.82) is 0 Å². The van der Waals surface area contributed by atoms with Crippen molar-refractivity contribution in [3.8, 4) is 0 Å². The minimum atomic E-state index is -0.467. The van der Waals surface area contributed by atoms with Crippen LogP contribution in [0.2, 0.25) is 0 Å². The molecule has 0 aliphatic carbocycles. The van der Waals surface area contributed by atoms with Crippen molar-refractivity contribution in [2.24, 2.45) is 5.73 Å². The molecule has 0 aromatic heterocycles. The maximum absolute atomic E-state index is 11.5. The van der Waals surface area contributed by atoms with Gasteiger partial charge in [0, 0.05) is 19.6 Å². The second-order valence-electron chi connectivity index (χ2n) is 4.00. The lowest BCUT2D eigenvalue weighted by atomic mass is 10.2. The molecule has 0 spiro atoms. The van der Waals surface area contributed by atoms with Crippen LogP contribution < -0.4 is 5.73 Å². The summed E-state index contributed by atoms with van der Waals surface area (Å²) in [5.41, 5.74) is 4.91. The van der Waals surface area contributed by atoms with Gasteiger partial charge in [0.05, 0.1) is 0 Å². The molecule has 0 aliphatic rings. The minimum Gasteiger partial charge on any atom is -0.444 e. The fourth-order valence-electron chi connectivity index (χ4n) is 0.895. The van der Waals surface area contributed by atoms with Crippen LogP contribution in [-0.2, 0) is 4.74 Å². The molecule has 0 saturated heterocycles. The van der Waals surface area contributed by atoms with Gasteiger partial charge in [0.1, 0.15) is 5.60 Å². The standard InChI is InChI=1S/C10H20N2O2/c1-5-7-12(8-6-11)9(13)14-10(2,3)4/h5H,1,6-8,11H2,2-4H3. The Hall–Kier alpha value is -1.03. The molecule has 0 atom stereocenters. The molecule has 82 valence electrons. The van der Waals surface area contributed by atoms with E-state index in [2.05, 4.69) is 6.58 Å². The van der Waals surface area contributed by atoms with Crippen molar-refractivity contribution in [2.45, 2.75) is 26.4 Å². The van der Waals surface area contributed by atoms with Gasteiger partial charge in [0.15, 0.2) is 0 Å². The Balaban J connectivity index is 4.21. The van der Waals surface area contributed by atoms with Crippen molar-refractivity contribution >= 4 is 6.09 Å². The van der Waals surface area contributed by atoms with Gasteiger partial charge in [-0.15, -0.1) is 6.58 Å². The summed E-state index contributed by atoms with van der Waals surface area (Å²) in [6.45, 7) is 10.4. The predicted molar refractivity (Wildman–Crippen MR) is 57.1 cm³/mol. The summed E-state index contributed by atoms with van der Waals surface area (Å²) in [5, 5.41) is 0. The van der Waals surface area contributed by atoms with E-state index in [0.717, 1.165) is 0 Å². The van der Waals surface area contributed by atoms with Gasteiger partial charge in [-0.1, -0.05) is 6.08 Å².